The molecule has 0 aliphatic carbocycles. The van der Waals surface area contributed by atoms with E-state index in [1.807, 2.05) is 68.4 Å². The number of sulfonamides is 1. The molecule has 3 aromatic rings. The minimum absolute atomic E-state index is 0.148. The standard InChI is InChI=1S/C29H35N3O5S/c1-5-30-29(34)27(19-23-11-7-6-8-12-23)31(20-24-13-9-10-22(2)18-24)28(33)21-32(38(4,35)36)25-14-16-26(37-3)17-15-25/h6-18,27H,5,19-21H2,1-4H3,(H,30,34)/t27-/m0/s1. The number of aryl methyl sites for hydroxylation is 1. The monoisotopic (exact) mass is 537 g/mol. The Balaban J connectivity index is 2.02. The number of hydrogen-bond acceptors (Lipinski definition) is 5. The Kier molecular flexibility index (Phi) is 9.90. The number of hydrogen-bond donors (Lipinski definition) is 1. The molecule has 2 amide bonds. The summed E-state index contributed by atoms with van der Waals surface area (Å²) in [6.07, 6.45) is 1.34. The highest BCUT2D eigenvalue weighted by molar-refractivity contribution is 7.92. The van der Waals surface area contributed by atoms with Crippen molar-refractivity contribution in [3.8, 4) is 5.75 Å². The Hall–Kier alpha value is -3.85. The summed E-state index contributed by atoms with van der Waals surface area (Å²) in [7, 11) is -2.30. The van der Waals surface area contributed by atoms with Crippen LogP contribution in [0.2, 0.25) is 0 Å². The summed E-state index contributed by atoms with van der Waals surface area (Å²) in [4.78, 5) is 28.7. The van der Waals surface area contributed by atoms with Gasteiger partial charge in [0.15, 0.2) is 0 Å². The second-order valence-electron chi connectivity index (χ2n) is 9.08. The smallest absolute Gasteiger partial charge is 0.244 e. The number of ether oxygens (including phenoxy) is 1. The minimum Gasteiger partial charge on any atom is -0.497 e. The average Bonchev–Trinajstić information content (AvgIpc) is 2.89. The Morgan fingerprint density at radius 1 is 0.947 bits per heavy atom. The molecule has 0 saturated carbocycles. The zero-order valence-corrected chi connectivity index (χ0v) is 23.1. The molecular formula is C29H35N3O5S. The topological polar surface area (TPSA) is 96.0 Å². The number of carbonyl (C=O) groups is 2. The zero-order chi connectivity index (χ0) is 27.7. The summed E-state index contributed by atoms with van der Waals surface area (Å²) in [5, 5.41) is 2.85. The number of rotatable bonds is 12. The lowest BCUT2D eigenvalue weighted by molar-refractivity contribution is -0.140. The predicted molar refractivity (Wildman–Crippen MR) is 150 cm³/mol. The Morgan fingerprint density at radius 2 is 1.61 bits per heavy atom. The fraction of sp³-hybridized carbons (Fsp3) is 0.310. The van der Waals surface area contributed by atoms with Crippen LogP contribution in [0, 0.1) is 6.92 Å². The zero-order valence-electron chi connectivity index (χ0n) is 22.3. The second kappa shape index (κ2) is 13.1. The first kappa shape index (κ1) is 28.7. The van der Waals surface area contributed by atoms with E-state index in [2.05, 4.69) is 5.32 Å². The van der Waals surface area contributed by atoms with Crippen molar-refractivity contribution in [3.63, 3.8) is 0 Å². The third-order valence-electron chi connectivity index (χ3n) is 6.10. The number of carbonyl (C=O) groups excluding carboxylic acids is 2. The van der Waals surface area contributed by atoms with Gasteiger partial charge in [0.1, 0.15) is 18.3 Å². The van der Waals surface area contributed by atoms with E-state index in [1.54, 1.807) is 24.3 Å². The summed E-state index contributed by atoms with van der Waals surface area (Å²) >= 11 is 0. The van der Waals surface area contributed by atoms with Gasteiger partial charge in [0.05, 0.1) is 19.1 Å². The van der Waals surface area contributed by atoms with Crippen LogP contribution < -0.4 is 14.4 Å². The molecular weight excluding hydrogens is 502 g/mol. The summed E-state index contributed by atoms with van der Waals surface area (Å²) in [5.41, 5.74) is 3.08. The Morgan fingerprint density at radius 3 is 2.18 bits per heavy atom. The molecule has 0 saturated heterocycles. The van der Waals surface area contributed by atoms with Gasteiger partial charge in [0.2, 0.25) is 21.8 Å². The minimum atomic E-state index is -3.82. The highest BCUT2D eigenvalue weighted by Gasteiger charge is 2.32. The molecule has 38 heavy (non-hydrogen) atoms. The molecule has 0 spiro atoms. The van der Waals surface area contributed by atoms with Crippen molar-refractivity contribution in [2.24, 2.45) is 0 Å². The lowest BCUT2D eigenvalue weighted by Gasteiger charge is -2.33. The fourth-order valence-electron chi connectivity index (χ4n) is 4.22. The van der Waals surface area contributed by atoms with E-state index in [0.717, 1.165) is 27.3 Å². The van der Waals surface area contributed by atoms with Crippen molar-refractivity contribution in [3.05, 3.63) is 95.6 Å². The van der Waals surface area contributed by atoms with E-state index in [4.69, 9.17) is 4.74 Å². The molecule has 9 heteroatoms. The lowest BCUT2D eigenvalue weighted by atomic mass is 10.0. The molecule has 0 bridgehead atoms. The van der Waals surface area contributed by atoms with Gasteiger partial charge in [0, 0.05) is 19.5 Å². The molecule has 3 aromatic carbocycles. The van der Waals surface area contributed by atoms with Crippen molar-refractivity contribution >= 4 is 27.5 Å². The van der Waals surface area contributed by atoms with Gasteiger partial charge in [-0.1, -0.05) is 60.2 Å². The summed E-state index contributed by atoms with van der Waals surface area (Å²) in [6.45, 7) is 3.87. The SMILES string of the molecule is CCNC(=O)[C@H](Cc1ccccc1)N(Cc1cccc(C)c1)C(=O)CN(c1ccc(OC)cc1)S(C)(=O)=O. The van der Waals surface area contributed by atoms with Crippen LogP contribution >= 0.6 is 0 Å². The van der Waals surface area contributed by atoms with E-state index in [-0.39, 0.29) is 18.9 Å². The molecule has 8 nitrogen and oxygen atoms in total. The molecule has 0 fully saturated rings. The number of methoxy groups -OCH3 is 1. The number of nitrogens with one attached hydrogen (secondary N) is 1. The van der Waals surface area contributed by atoms with Crippen LogP contribution in [0.15, 0.2) is 78.9 Å². The molecule has 1 atom stereocenters. The maximum atomic E-state index is 13.9. The van der Waals surface area contributed by atoms with Crippen LogP contribution in [0.3, 0.4) is 0 Å². The molecule has 1 N–H and O–H groups in total. The predicted octanol–water partition coefficient (Wildman–Crippen LogP) is 3.55. The van der Waals surface area contributed by atoms with Crippen LogP contribution in [-0.2, 0) is 32.6 Å². The van der Waals surface area contributed by atoms with Crippen LogP contribution in [0.4, 0.5) is 5.69 Å². The maximum absolute atomic E-state index is 13.9. The van der Waals surface area contributed by atoms with Gasteiger partial charge in [-0.25, -0.2) is 8.42 Å². The number of likely N-dealkylation sites (N-methyl/N-ethyl adjacent to an activating group) is 1. The van der Waals surface area contributed by atoms with Crippen molar-refractivity contribution in [1.29, 1.82) is 0 Å². The lowest BCUT2D eigenvalue weighted by Crippen LogP contribution is -2.53. The molecule has 0 aliphatic heterocycles. The first-order valence-electron chi connectivity index (χ1n) is 12.4. The Labute approximate surface area is 225 Å². The van der Waals surface area contributed by atoms with E-state index in [0.29, 0.717) is 18.0 Å². The Bertz CT molecular complexity index is 1330. The number of nitrogens with zero attached hydrogens (tertiary/aromatic N) is 2. The van der Waals surface area contributed by atoms with Gasteiger partial charge in [-0.05, 0) is 49.2 Å². The van der Waals surface area contributed by atoms with Gasteiger partial charge in [-0.3, -0.25) is 13.9 Å². The number of benzene rings is 3. The number of anilines is 1. The fourth-order valence-corrected chi connectivity index (χ4v) is 5.06. The van der Waals surface area contributed by atoms with Crippen molar-refractivity contribution < 1.29 is 22.7 Å². The first-order valence-corrected chi connectivity index (χ1v) is 14.3. The van der Waals surface area contributed by atoms with Gasteiger partial charge in [-0.15, -0.1) is 0 Å². The van der Waals surface area contributed by atoms with Crippen LogP contribution in [0.1, 0.15) is 23.6 Å². The van der Waals surface area contributed by atoms with Crippen LogP contribution in [0.5, 0.6) is 5.75 Å². The van der Waals surface area contributed by atoms with Gasteiger partial charge >= 0.3 is 0 Å². The third-order valence-corrected chi connectivity index (χ3v) is 7.24. The molecule has 0 aromatic heterocycles. The van der Waals surface area contributed by atoms with Gasteiger partial charge in [-0.2, -0.15) is 0 Å². The normalized spacial score (nSPS) is 11.9. The highest BCUT2D eigenvalue weighted by atomic mass is 32.2. The van der Waals surface area contributed by atoms with Gasteiger partial charge < -0.3 is 15.0 Å². The molecule has 0 aliphatic rings. The molecule has 0 unspecified atom stereocenters. The first-order chi connectivity index (χ1) is 18.1. The van der Waals surface area contributed by atoms with E-state index < -0.39 is 28.5 Å². The van der Waals surface area contributed by atoms with E-state index in [9.17, 15) is 18.0 Å². The van der Waals surface area contributed by atoms with E-state index >= 15 is 0 Å². The largest absolute Gasteiger partial charge is 0.497 e. The summed E-state index contributed by atoms with van der Waals surface area (Å²) in [6, 6.07) is 22.7. The summed E-state index contributed by atoms with van der Waals surface area (Å²) in [5.74, 6) is -0.221. The van der Waals surface area contributed by atoms with Crippen molar-refractivity contribution in [2.75, 3.05) is 30.8 Å². The van der Waals surface area contributed by atoms with Crippen molar-refractivity contribution in [2.45, 2.75) is 32.9 Å². The second-order valence-corrected chi connectivity index (χ2v) is 11.0. The molecule has 3 rings (SSSR count). The molecule has 0 heterocycles. The molecule has 202 valence electrons. The highest BCUT2D eigenvalue weighted by Crippen LogP contribution is 2.23. The third kappa shape index (κ3) is 7.82. The summed E-state index contributed by atoms with van der Waals surface area (Å²) < 4.78 is 31.8. The van der Waals surface area contributed by atoms with Crippen molar-refractivity contribution in [1.82, 2.24) is 10.2 Å². The van der Waals surface area contributed by atoms with Gasteiger partial charge in [0.25, 0.3) is 0 Å². The quantitative estimate of drug-likeness (QED) is 0.381. The van der Waals surface area contributed by atoms with E-state index in [1.165, 1.54) is 12.0 Å². The van der Waals surface area contributed by atoms with Crippen LogP contribution in [-0.4, -0.2) is 57.6 Å². The number of amides is 2. The van der Waals surface area contributed by atoms with Crippen LogP contribution in [0.25, 0.3) is 0 Å². The average molecular weight is 538 g/mol. The molecule has 0 radical (unpaired) electrons. The maximum Gasteiger partial charge on any atom is 0.244 e.